The minimum Gasteiger partial charge on any atom is -0.452 e. The highest BCUT2D eigenvalue weighted by Crippen LogP contribution is 2.17. The van der Waals surface area contributed by atoms with E-state index < -0.39 is 5.97 Å². The highest BCUT2D eigenvalue weighted by molar-refractivity contribution is 14.1. The Bertz CT molecular complexity index is 713. The number of carbonyl (C=O) groups is 2. The Labute approximate surface area is 143 Å². The zero-order valence-electron chi connectivity index (χ0n) is 12.4. The van der Waals surface area contributed by atoms with Crippen LogP contribution in [0.1, 0.15) is 21.5 Å². The number of nitrogens with one attached hydrogen (secondary N) is 1. The molecule has 0 aromatic heterocycles. The molecule has 0 bridgehead atoms. The van der Waals surface area contributed by atoms with Crippen molar-refractivity contribution in [1.82, 2.24) is 0 Å². The molecule has 0 aliphatic heterocycles. The van der Waals surface area contributed by atoms with Gasteiger partial charge >= 0.3 is 5.97 Å². The molecule has 0 saturated carbocycles. The van der Waals surface area contributed by atoms with E-state index >= 15 is 0 Å². The Morgan fingerprint density at radius 1 is 1.09 bits per heavy atom. The van der Waals surface area contributed by atoms with Crippen molar-refractivity contribution in [2.75, 3.05) is 11.9 Å². The van der Waals surface area contributed by atoms with E-state index in [2.05, 4.69) is 27.9 Å². The van der Waals surface area contributed by atoms with Crippen molar-refractivity contribution in [3.8, 4) is 0 Å². The number of esters is 1. The molecule has 5 heteroatoms. The number of ether oxygens (including phenoxy) is 1. The molecule has 0 aliphatic carbocycles. The molecular formula is C17H16INO3. The molecule has 0 spiro atoms. The van der Waals surface area contributed by atoms with Gasteiger partial charge in [-0.1, -0.05) is 18.2 Å². The molecule has 0 fully saturated rings. The van der Waals surface area contributed by atoms with Gasteiger partial charge in [0.15, 0.2) is 6.61 Å². The smallest absolute Gasteiger partial charge is 0.338 e. The fourth-order valence-electron chi connectivity index (χ4n) is 1.96. The molecule has 0 heterocycles. The summed E-state index contributed by atoms with van der Waals surface area (Å²) in [6, 6.07) is 12.8. The third kappa shape index (κ3) is 4.30. The second kappa shape index (κ2) is 7.40. The van der Waals surface area contributed by atoms with Crippen LogP contribution in [0.4, 0.5) is 5.69 Å². The Morgan fingerprint density at radius 3 is 2.50 bits per heavy atom. The summed E-state index contributed by atoms with van der Waals surface area (Å²) in [6.07, 6.45) is 0. The first kappa shape index (κ1) is 16.5. The van der Waals surface area contributed by atoms with Crippen LogP contribution in [0.15, 0.2) is 42.5 Å². The van der Waals surface area contributed by atoms with Gasteiger partial charge in [0.2, 0.25) is 0 Å². The topological polar surface area (TPSA) is 55.4 Å². The van der Waals surface area contributed by atoms with Gasteiger partial charge in [-0.25, -0.2) is 4.79 Å². The predicted octanol–water partition coefficient (Wildman–Crippen LogP) is 3.70. The zero-order valence-corrected chi connectivity index (χ0v) is 14.5. The lowest BCUT2D eigenvalue weighted by molar-refractivity contribution is -0.119. The summed E-state index contributed by atoms with van der Waals surface area (Å²) in [4.78, 5) is 23.8. The average Bonchev–Trinajstić information content (AvgIpc) is 2.48. The SMILES string of the molecule is Cc1cc(I)ccc1NC(=O)COC(=O)c1ccccc1C. The third-order valence-corrected chi connectivity index (χ3v) is 3.83. The second-order valence-corrected chi connectivity index (χ2v) is 6.14. The number of anilines is 1. The van der Waals surface area contributed by atoms with Crippen LogP contribution in [0.2, 0.25) is 0 Å². The summed E-state index contributed by atoms with van der Waals surface area (Å²) in [5.74, 6) is -0.848. The van der Waals surface area contributed by atoms with E-state index in [1.807, 2.05) is 44.2 Å². The fraction of sp³-hybridized carbons (Fsp3) is 0.176. The Morgan fingerprint density at radius 2 is 1.82 bits per heavy atom. The van der Waals surface area contributed by atoms with Crippen molar-refractivity contribution in [1.29, 1.82) is 0 Å². The van der Waals surface area contributed by atoms with Crippen molar-refractivity contribution < 1.29 is 14.3 Å². The van der Waals surface area contributed by atoms with E-state index in [4.69, 9.17) is 4.74 Å². The van der Waals surface area contributed by atoms with E-state index in [9.17, 15) is 9.59 Å². The number of amides is 1. The summed E-state index contributed by atoms with van der Waals surface area (Å²) in [6.45, 7) is 3.43. The van der Waals surface area contributed by atoms with Crippen LogP contribution in [-0.4, -0.2) is 18.5 Å². The molecule has 4 nitrogen and oxygen atoms in total. The van der Waals surface area contributed by atoms with Gasteiger partial charge in [0.1, 0.15) is 0 Å². The zero-order chi connectivity index (χ0) is 16.1. The van der Waals surface area contributed by atoms with Crippen LogP contribution >= 0.6 is 22.6 Å². The van der Waals surface area contributed by atoms with Gasteiger partial charge < -0.3 is 10.1 Å². The van der Waals surface area contributed by atoms with Crippen LogP contribution in [-0.2, 0) is 9.53 Å². The van der Waals surface area contributed by atoms with Crippen molar-refractivity contribution >= 4 is 40.2 Å². The van der Waals surface area contributed by atoms with Crippen LogP contribution in [0.25, 0.3) is 0 Å². The molecule has 1 N–H and O–H groups in total. The first-order valence-corrected chi connectivity index (χ1v) is 7.84. The Hall–Kier alpha value is -1.89. The Kier molecular flexibility index (Phi) is 5.54. The number of benzene rings is 2. The normalized spacial score (nSPS) is 10.1. The summed E-state index contributed by atoms with van der Waals surface area (Å²) in [7, 11) is 0. The van der Waals surface area contributed by atoms with Crippen LogP contribution in [0.3, 0.4) is 0 Å². The number of hydrogen-bond acceptors (Lipinski definition) is 3. The lowest BCUT2D eigenvalue weighted by Gasteiger charge is -2.10. The summed E-state index contributed by atoms with van der Waals surface area (Å²) in [5.41, 5.74) is 2.98. The standard InChI is InChI=1S/C17H16INO3/c1-11-5-3-4-6-14(11)17(21)22-10-16(20)19-15-8-7-13(18)9-12(15)2/h3-9H,10H2,1-2H3,(H,19,20). The molecule has 2 rings (SSSR count). The molecule has 0 aliphatic rings. The van der Waals surface area contributed by atoms with Gasteiger partial charge in [-0.15, -0.1) is 0 Å². The van der Waals surface area contributed by atoms with Crippen molar-refractivity contribution in [2.24, 2.45) is 0 Å². The highest BCUT2D eigenvalue weighted by Gasteiger charge is 2.12. The number of carbonyl (C=O) groups excluding carboxylic acids is 2. The van der Waals surface area contributed by atoms with Crippen molar-refractivity contribution in [3.05, 3.63) is 62.7 Å². The second-order valence-electron chi connectivity index (χ2n) is 4.90. The first-order valence-electron chi connectivity index (χ1n) is 6.76. The predicted molar refractivity (Wildman–Crippen MR) is 94.0 cm³/mol. The molecule has 114 valence electrons. The monoisotopic (exact) mass is 409 g/mol. The maximum atomic E-state index is 11.9. The van der Waals surface area contributed by atoms with E-state index in [0.717, 1.165) is 20.4 Å². The van der Waals surface area contributed by atoms with Gasteiger partial charge in [-0.2, -0.15) is 0 Å². The molecule has 2 aromatic rings. The maximum absolute atomic E-state index is 11.9. The average molecular weight is 409 g/mol. The van der Waals surface area contributed by atoms with Gasteiger partial charge in [0, 0.05) is 9.26 Å². The number of hydrogen-bond donors (Lipinski definition) is 1. The van der Waals surface area contributed by atoms with Gasteiger partial charge in [0.25, 0.3) is 5.91 Å². The quantitative estimate of drug-likeness (QED) is 0.619. The molecule has 2 aromatic carbocycles. The maximum Gasteiger partial charge on any atom is 0.338 e. The molecular weight excluding hydrogens is 393 g/mol. The van der Waals surface area contributed by atoms with E-state index in [0.29, 0.717) is 5.56 Å². The number of halogens is 1. The third-order valence-electron chi connectivity index (χ3n) is 3.16. The summed E-state index contributed by atoms with van der Waals surface area (Å²) in [5, 5.41) is 2.74. The summed E-state index contributed by atoms with van der Waals surface area (Å²) >= 11 is 2.21. The minimum absolute atomic E-state index is 0.307. The lowest BCUT2D eigenvalue weighted by Crippen LogP contribution is -2.21. The molecule has 22 heavy (non-hydrogen) atoms. The van der Waals surface area contributed by atoms with E-state index in [1.165, 1.54) is 0 Å². The molecule has 1 amide bonds. The fourth-order valence-corrected chi connectivity index (χ4v) is 2.61. The molecule has 0 radical (unpaired) electrons. The van der Waals surface area contributed by atoms with Crippen LogP contribution < -0.4 is 5.32 Å². The molecule has 0 unspecified atom stereocenters. The van der Waals surface area contributed by atoms with Gasteiger partial charge in [-0.3, -0.25) is 4.79 Å². The number of rotatable bonds is 4. The van der Waals surface area contributed by atoms with Crippen LogP contribution in [0, 0.1) is 17.4 Å². The van der Waals surface area contributed by atoms with Crippen molar-refractivity contribution in [2.45, 2.75) is 13.8 Å². The lowest BCUT2D eigenvalue weighted by atomic mass is 10.1. The first-order chi connectivity index (χ1) is 10.5. The van der Waals surface area contributed by atoms with Crippen molar-refractivity contribution in [3.63, 3.8) is 0 Å². The molecule has 0 saturated heterocycles. The minimum atomic E-state index is -0.493. The van der Waals surface area contributed by atoms with E-state index in [-0.39, 0.29) is 12.5 Å². The van der Waals surface area contributed by atoms with E-state index in [1.54, 1.807) is 12.1 Å². The molecule has 0 atom stereocenters. The van der Waals surface area contributed by atoms with Gasteiger partial charge in [0.05, 0.1) is 5.56 Å². The highest BCUT2D eigenvalue weighted by atomic mass is 127. The number of aryl methyl sites for hydroxylation is 2. The largest absolute Gasteiger partial charge is 0.452 e. The van der Waals surface area contributed by atoms with Gasteiger partial charge in [-0.05, 0) is 71.8 Å². The Balaban J connectivity index is 1.93. The summed E-state index contributed by atoms with van der Waals surface area (Å²) < 4.78 is 6.15. The van der Waals surface area contributed by atoms with Crippen LogP contribution in [0.5, 0.6) is 0 Å².